The zero-order valence-corrected chi connectivity index (χ0v) is 11.1. The highest BCUT2D eigenvalue weighted by atomic mass is 16.3. The van der Waals surface area contributed by atoms with Gasteiger partial charge in [0.15, 0.2) is 0 Å². The third-order valence-corrected chi connectivity index (χ3v) is 2.62. The van der Waals surface area contributed by atoms with Gasteiger partial charge in [-0.1, -0.05) is 6.92 Å². The Morgan fingerprint density at radius 3 is 2.58 bits per heavy atom. The summed E-state index contributed by atoms with van der Waals surface area (Å²) in [5.41, 5.74) is 1.23. The molecule has 1 aromatic carbocycles. The summed E-state index contributed by atoms with van der Waals surface area (Å²) in [6.45, 7) is 3.61. The maximum absolute atomic E-state index is 11.8. The van der Waals surface area contributed by atoms with Gasteiger partial charge in [0.25, 0.3) is 0 Å². The minimum atomic E-state index is -0.119. The van der Waals surface area contributed by atoms with E-state index in [1.165, 1.54) is 0 Å². The van der Waals surface area contributed by atoms with E-state index < -0.39 is 0 Å². The van der Waals surface area contributed by atoms with E-state index in [2.05, 4.69) is 5.32 Å². The number of anilines is 1. The van der Waals surface area contributed by atoms with E-state index in [1.807, 2.05) is 17.9 Å². The predicted molar refractivity (Wildman–Crippen MR) is 73.6 cm³/mol. The minimum absolute atomic E-state index is 0.0458. The molecule has 0 radical (unpaired) electrons. The summed E-state index contributed by atoms with van der Waals surface area (Å²) in [6, 6.07) is 8.75. The number of hydrogen-bond donors (Lipinski definition) is 2. The fourth-order valence-corrected chi connectivity index (χ4v) is 1.76. The van der Waals surface area contributed by atoms with Gasteiger partial charge in [-0.15, -0.1) is 0 Å². The Labute approximate surface area is 113 Å². The van der Waals surface area contributed by atoms with E-state index in [0.717, 1.165) is 13.0 Å². The number of nitrogens with one attached hydrogen (secondary N) is 1. The molecule has 1 rings (SSSR count). The molecule has 0 aliphatic carbocycles. The van der Waals surface area contributed by atoms with Crippen molar-refractivity contribution in [2.24, 2.45) is 0 Å². The average Bonchev–Trinajstić information content (AvgIpc) is 2.40. The molecule has 0 fully saturated rings. The first kappa shape index (κ1) is 15.2. The maximum atomic E-state index is 11.8. The molecule has 0 aliphatic heterocycles. The summed E-state index contributed by atoms with van der Waals surface area (Å²) < 4.78 is 0. The van der Waals surface area contributed by atoms with E-state index in [0.29, 0.717) is 17.8 Å². The van der Waals surface area contributed by atoms with Gasteiger partial charge in [0.05, 0.1) is 24.8 Å². The summed E-state index contributed by atoms with van der Waals surface area (Å²) in [7, 11) is 0. The summed E-state index contributed by atoms with van der Waals surface area (Å²) in [5.74, 6) is -0.119. The Morgan fingerprint density at radius 2 is 2.05 bits per heavy atom. The summed E-state index contributed by atoms with van der Waals surface area (Å²) in [6.07, 6.45) is 0.935. The Hall–Kier alpha value is -1.90. The topological polar surface area (TPSA) is 76.4 Å². The van der Waals surface area contributed by atoms with Crippen LogP contribution in [0.4, 0.5) is 5.69 Å². The van der Waals surface area contributed by atoms with Crippen LogP contribution in [0.5, 0.6) is 0 Å². The molecular formula is C14H19N3O2. The van der Waals surface area contributed by atoms with Crippen molar-refractivity contribution in [2.45, 2.75) is 13.3 Å². The first-order valence-electron chi connectivity index (χ1n) is 6.32. The number of aliphatic hydroxyl groups excluding tert-OH is 1. The molecule has 19 heavy (non-hydrogen) atoms. The van der Waals surface area contributed by atoms with E-state index in [4.69, 9.17) is 10.4 Å². The summed E-state index contributed by atoms with van der Waals surface area (Å²) >= 11 is 0. The fourth-order valence-electron chi connectivity index (χ4n) is 1.76. The zero-order valence-electron chi connectivity index (χ0n) is 11.1. The normalized spacial score (nSPS) is 10.2. The van der Waals surface area contributed by atoms with E-state index in [-0.39, 0.29) is 19.1 Å². The molecule has 0 bridgehead atoms. The van der Waals surface area contributed by atoms with Gasteiger partial charge < -0.3 is 10.4 Å². The van der Waals surface area contributed by atoms with Gasteiger partial charge in [-0.05, 0) is 37.2 Å². The van der Waals surface area contributed by atoms with Crippen LogP contribution in [-0.2, 0) is 4.79 Å². The Bertz CT molecular complexity index is 431. The van der Waals surface area contributed by atoms with Crippen LogP contribution >= 0.6 is 0 Å². The van der Waals surface area contributed by atoms with Crippen molar-refractivity contribution in [2.75, 3.05) is 31.6 Å². The first-order chi connectivity index (χ1) is 9.19. The Kier molecular flexibility index (Phi) is 6.58. The summed E-state index contributed by atoms with van der Waals surface area (Å²) in [5, 5.41) is 20.4. The van der Waals surface area contributed by atoms with Crippen LogP contribution in [-0.4, -0.2) is 42.2 Å². The second kappa shape index (κ2) is 8.25. The Balaban J connectivity index is 2.51. The lowest BCUT2D eigenvalue weighted by molar-refractivity contribution is -0.117. The van der Waals surface area contributed by atoms with Crippen LogP contribution in [0.1, 0.15) is 18.9 Å². The van der Waals surface area contributed by atoms with Crippen molar-refractivity contribution in [1.29, 1.82) is 5.26 Å². The van der Waals surface area contributed by atoms with Crippen LogP contribution in [0.25, 0.3) is 0 Å². The smallest absolute Gasteiger partial charge is 0.238 e. The molecule has 0 spiro atoms. The number of amides is 1. The molecule has 0 aliphatic rings. The van der Waals surface area contributed by atoms with Crippen molar-refractivity contribution in [3.63, 3.8) is 0 Å². The molecule has 2 N–H and O–H groups in total. The molecule has 0 saturated carbocycles. The third kappa shape index (κ3) is 5.51. The fraction of sp³-hybridized carbons (Fsp3) is 0.429. The predicted octanol–water partition coefficient (Wildman–Crippen LogP) is 1.20. The second-order valence-electron chi connectivity index (χ2n) is 4.24. The lowest BCUT2D eigenvalue weighted by Crippen LogP contribution is -2.35. The quantitative estimate of drug-likeness (QED) is 0.773. The molecule has 5 nitrogen and oxygen atoms in total. The minimum Gasteiger partial charge on any atom is -0.395 e. The third-order valence-electron chi connectivity index (χ3n) is 2.62. The average molecular weight is 261 g/mol. The number of nitriles is 1. The van der Waals surface area contributed by atoms with Crippen LogP contribution in [0.3, 0.4) is 0 Å². The number of carbonyl (C=O) groups excluding carboxylic acids is 1. The number of benzene rings is 1. The lowest BCUT2D eigenvalue weighted by Gasteiger charge is -2.19. The number of aliphatic hydroxyl groups is 1. The lowest BCUT2D eigenvalue weighted by atomic mass is 10.2. The molecule has 1 aromatic rings. The second-order valence-corrected chi connectivity index (χ2v) is 4.24. The zero-order chi connectivity index (χ0) is 14.1. The van der Waals surface area contributed by atoms with E-state index >= 15 is 0 Å². The molecule has 0 aromatic heterocycles. The highest BCUT2D eigenvalue weighted by molar-refractivity contribution is 5.92. The van der Waals surface area contributed by atoms with Crippen molar-refractivity contribution < 1.29 is 9.90 Å². The highest BCUT2D eigenvalue weighted by Gasteiger charge is 2.09. The van der Waals surface area contributed by atoms with Crippen molar-refractivity contribution in [3.05, 3.63) is 29.8 Å². The number of rotatable bonds is 7. The highest BCUT2D eigenvalue weighted by Crippen LogP contribution is 2.08. The van der Waals surface area contributed by atoms with Gasteiger partial charge in [-0.2, -0.15) is 5.26 Å². The molecule has 0 unspecified atom stereocenters. The molecule has 1 amide bonds. The van der Waals surface area contributed by atoms with Crippen molar-refractivity contribution in [3.8, 4) is 6.07 Å². The van der Waals surface area contributed by atoms with Gasteiger partial charge in [0, 0.05) is 12.2 Å². The molecule has 5 heteroatoms. The monoisotopic (exact) mass is 261 g/mol. The molecule has 102 valence electrons. The Morgan fingerprint density at radius 1 is 1.37 bits per heavy atom. The number of hydrogen-bond acceptors (Lipinski definition) is 4. The standard InChI is InChI=1S/C14H19N3O2/c1-2-7-17(8-9-18)11-14(19)16-13-5-3-12(10-15)4-6-13/h3-6,18H,2,7-9,11H2,1H3,(H,16,19). The van der Waals surface area contributed by atoms with Gasteiger partial charge >= 0.3 is 0 Å². The van der Waals surface area contributed by atoms with Crippen molar-refractivity contribution in [1.82, 2.24) is 4.90 Å². The maximum Gasteiger partial charge on any atom is 0.238 e. The van der Waals surface area contributed by atoms with Crippen LogP contribution in [0.2, 0.25) is 0 Å². The van der Waals surface area contributed by atoms with E-state index in [9.17, 15) is 4.79 Å². The van der Waals surface area contributed by atoms with E-state index in [1.54, 1.807) is 24.3 Å². The van der Waals surface area contributed by atoms with Crippen molar-refractivity contribution >= 4 is 11.6 Å². The first-order valence-corrected chi connectivity index (χ1v) is 6.32. The largest absolute Gasteiger partial charge is 0.395 e. The van der Waals surface area contributed by atoms with Gasteiger partial charge in [0.2, 0.25) is 5.91 Å². The SMILES string of the molecule is CCCN(CCO)CC(=O)Nc1ccc(C#N)cc1. The van der Waals surface area contributed by atoms with Gasteiger partial charge in [-0.3, -0.25) is 9.69 Å². The van der Waals surface area contributed by atoms with Gasteiger partial charge in [-0.25, -0.2) is 0 Å². The molecular weight excluding hydrogens is 242 g/mol. The van der Waals surface area contributed by atoms with Crippen LogP contribution in [0, 0.1) is 11.3 Å². The number of nitrogens with zero attached hydrogens (tertiary/aromatic N) is 2. The molecule has 0 heterocycles. The molecule has 0 saturated heterocycles. The van der Waals surface area contributed by atoms with Crippen LogP contribution in [0.15, 0.2) is 24.3 Å². The number of carbonyl (C=O) groups is 1. The van der Waals surface area contributed by atoms with Gasteiger partial charge in [0.1, 0.15) is 0 Å². The summed E-state index contributed by atoms with van der Waals surface area (Å²) in [4.78, 5) is 13.7. The van der Waals surface area contributed by atoms with Crippen LogP contribution < -0.4 is 5.32 Å². The molecule has 0 atom stereocenters.